The molecule has 6 fully saturated rings. The summed E-state index contributed by atoms with van der Waals surface area (Å²) in [6.45, 7) is 14.4. The lowest BCUT2D eigenvalue weighted by molar-refractivity contribution is -0.133. The van der Waals surface area contributed by atoms with E-state index < -0.39 is 44.0 Å². The van der Waals surface area contributed by atoms with Crippen LogP contribution in [0.3, 0.4) is 0 Å². The van der Waals surface area contributed by atoms with E-state index in [-0.39, 0.29) is 47.5 Å². The number of hydrogen-bond acceptors (Lipinski definition) is 10. The highest BCUT2D eigenvalue weighted by atomic mass is 32.2. The summed E-state index contributed by atoms with van der Waals surface area (Å²) < 4.78 is 50.7. The van der Waals surface area contributed by atoms with E-state index in [0.29, 0.717) is 25.9 Å². The zero-order valence-electron chi connectivity index (χ0n) is 33.0. The highest BCUT2D eigenvalue weighted by Crippen LogP contribution is 2.42. The van der Waals surface area contributed by atoms with Crippen LogP contribution in [0.4, 0.5) is 0 Å². The van der Waals surface area contributed by atoms with Crippen molar-refractivity contribution < 1.29 is 36.0 Å². The first kappa shape index (κ1) is 42.3. The van der Waals surface area contributed by atoms with Crippen LogP contribution in [0.5, 0.6) is 0 Å². The molecule has 6 saturated heterocycles. The summed E-state index contributed by atoms with van der Waals surface area (Å²) in [6.07, 6.45) is 17.5. The topological polar surface area (TPSA) is 156 Å². The molecule has 0 aliphatic carbocycles. The number of likely N-dealkylation sites (tertiary alicyclic amines) is 4. The molecule has 6 heterocycles. The van der Waals surface area contributed by atoms with Crippen molar-refractivity contribution in [2.75, 3.05) is 64.9 Å². The molecule has 6 aliphatic heterocycles. The van der Waals surface area contributed by atoms with Crippen LogP contribution in [0.1, 0.15) is 79.1 Å². The fourth-order valence-electron chi connectivity index (χ4n) is 9.66. The second kappa shape index (κ2) is 17.5. The van der Waals surface area contributed by atoms with Crippen molar-refractivity contribution >= 4 is 43.7 Å². The summed E-state index contributed by atoms with van der Waals surface area (Å²) in [6, 6.07) is -1.59. The average molecular weight is 795 g/mol. The second-order valence-electron chi connectivity index (χ2n) is 16.6. The van der Waals surface area contributed by atoms with Crippen molar-refractivity contribution in [1.82, 2.24) is 28.2 Å². The number of carbonyl (C=O) groups is 4. The summed E-state index contributed by atoms with van der Waals surface area (Å²) in [7, 11) is -7.26. The summed E-state index contributed by atoms with van der Waals surface area (Å²) >= 11 is 0. The second-order valence-corrected chi connectivity index (χ2v) is 20.3. The number of nitrogens with zero attached hydrogens (tertiary/aromatic N) is 6. The molecular weight excluding hydrogens is 733 g/mol. The van der Waals surface area contributed by atoms with Gasteiger partial charge in [0, 0.05) is 38.3 Å². The van der Waals surface area contributed by atoms with Crippen LogP contribution in [0, 0.1) is 23.7 Å². The molecule has 0 unspecified atom stereocenters. The molecule has 0 aromatic carbocycles. The Morgan fingerprint density at radius 1 is 0.593 bits per heavy atom. The van der Waals surface area contributed by atoms with E-state index in [9.17, 15) is 36.0 Å². The van der Waals surface area contributed by atoms with Crippen LogP contribution in [0.25, 0.3) is 0 Å². The summed E-state index contributed by atoms with van der Waals surface area (Å²) in [5.74, 6) is -1.94. The maximum absolute atomic E-state index is 12.8. The van der Waals surface area contributed by atoms with Gasteiger partial charge in [0.2, 0.25) is 43.7 Å². The first-order valence-electron chi connectivity index (χ1n) is 19.9. The first-order valence-corrected chi connectivity index (χ1v) is 23.6. The molecule has 0 saturated carbocycles. The Balaban J connectivity index is 0.000000208. The lowest BCUT2D eigenvalue weighted by Gasteiger charge is -2.28. The van der Waals surface area contributed by atoms with E-state index in [0.717, 1.165) is 60.4 Å². The van der Waals surface area contributed by atoms with Crippen molar-refractivity contribution in [3.8, 4) is 0 Å². The third-order valence-electron chi connectivity index (χ3n) is 12.0. The van der Waals surface area contributed by atoms with E-state index in [1.54, 1.807) is 22.0 Å². The van der Waals surface area contributed by atoms with Crippen molar-refractivity contribution in [3.63, 3.8) is 0 Å². The van der Waals surface area contributed by atoms with Gasteiger partial charge in [-0.25, -0.2) is 25.4 Å². The number of sulfonamides is 2. The molecule has 0 aromatic rings. The largest absolute Gasteiger partial charge is 0.333 e. The minimum absolute atomic E-state index is 0.0255. The molecule has 0 radical (unpaired) electrons. The molecule has 6 rings (SSSR count). The van der Waals surface area contributed by atoms with Crippen molar-refractivity contribution in [1.29, 1.82) is 0 Å². The third-order valence-corrected chi connectivity index (χ3v) is 14.4. The monoisotopic (exact) mass is 794 g/mol. The van der Waals surface area contributed by atoms with Gasteiger partial charge in [0.05, 0.1) is 48.5 Å². The molecule has 0 aromatic heterocycles. The predicted octanol–water partition coefficient (Wildman–Crippen LogP) is 2.14. The van der Waals surface area contributed by atoms with E-state index in [2.05, 4.69) is 9.80 Å². The lowest BCUT2D eigenvalue weighted by atomic mass is 9.88. The minimum atomic E-state index is -3.63. The average Bonchev–Trinajstić information content (AvgIpc) is 3.83. The van der Waals surface area contributed by atoms with Crippen LogP contribution >= 0.6 is 0 Å². The van der Waals surface area contributed by atoms with E-state index in [1.807, 2.05) is 39.8 Å². The van der Waals surface area contributed by atoms with Gasteiger partial charge < -0.3 is 9.80 Å². The van der Waals surface area contributed by atoms with Crippen LogP contribution in [-0.4, -0.2) is 158 Å². The first-order chi connectivity index (χ1) is 25.4. The Labute approximate surface area is 323 Å². The SMILES string of the molecule is CC(C)[C@@H]1C(=O)N(S(C)(=O)=O)[C@@H]2CCN(C(=O)/C=C/CN3CCCCC3)[C@H]21.CC(C)[C@@H]1C(=O)N(S(C)(=O)=O)[C@@H]2CCN(C(=O)/C=C/CN3CCCCC3)[C@H]21. The Bertz CT molecular complexity index is 1550. The van der Waals surface area contributed by atoms with Gasteiger partial charge in [-0.1, -0.05) is 52.7 Å². The van der Waals surface area contributed by atoms with Crippen molar-refractivity contribution in [3.05, 3.63) is 24.3 Å². The normalized spacial score (nSPS) is 29.9. The number of amides is 4. The molecule has 16 heteroatoms. The van der Waals surface area contributed by atoms with Gasteiger partial charge in [-0.3, -0.25) is 29.0 Å². The van der Waals surface area contributed by atoms with Crippen LogP contribution in [-0.2, 0) is 39.2 Å². The molecule has 6 atom stereocenters. The van der Waals surface area contributed by atoms with Gasteiger partial charge in [0.25, 0.3) is 0 Å². The Hall–Kier alpha value is -2.82. The zero-order valence-corrected chi connectivity index (χ0v) is 34.6. The van der Waals surface area contributed by atoms with Gasteiger partial charge in [-0.05, 0) is 76.5 Å². The smallest absolute Gasteiger partial charge is 0.246 e. The van der Waals surface area contributed by atoms with Gasteiger partial charge in [-0.15, -0.1) is 0 Å². The molecule has 4 amide bonds. The van der Waals surface area contributed by atoms with Crippen LogP contribution in [0.15, 0.2) is 24.3 Å². The number of piperidine rings is 2. The standard InChI is InChI=1S/2C19H31N3O4S/c2*1-14(2)17-18-15(22(19(17)24)27(3,25)26)9-13-21(18)16(23)8-7-12-20-10-5-4-6-11-20/h2*7-8,14-15,17-18H,4-6,9-13H2,1-3H3/b2*8-7+/t2*15-,17+,18-/m11/s1. The predicted molar refractivity (Wildman–Crippen MR) is 207 cm³/mol. The molecule has 0 N–H and O–H groups in total. The fraction of sp³-hybridized carbons (Fsp3) is 0.789. The molecule has 0 bridgehead atoms. The highest BCUT2D eigenvalue weighted by Gasteiger charge is 2.59. The van der Waals surface area contributed by atoms with Gasteiger partial charge in [-0.2, -0.15) is 0 Å². The Morgan fingerprint density at radius 2 is 0.926 bits per heavy atom. The maximum Gasteiger partial charge on any atom is 0.246 e. The molecule has 54 heavy (non-hydrogen) atoms. The molecule has 304 valence electrons. The minimum Gasteiger partial charge on any atom is -0.333 e. The van der Waals surface area contributed by atoms with Crippen LogP contribution in [0.2, 0.25) is 0 Å². The number of fused-ring (bicyclic) bond motifs is 2. The molecule has 6 aliphatic rings. The van der Waals surface area contributed by atoms with E-state index >= 15 is 0 Å². The third kappa shape index (κ3) is 9.24. The number of hydrogen-bond donors (Lipinski definition) is 0. The van der Waals surface area contributed by atoms with Gasteiger partial charge in [0.15, 0.2) is 0 Å². The van der Waals surface area contributed by atoms with Gasteiger partial charge >= 0.3 is 0 Å². The maximum atomic E-state index is 12.8. The summed E-state index contributed by atoms with van der Waals surface area (Å²) in [4.78, 5) is 59.3. The number of carbonyl (C=O) groups excluding carboxylic acids is 4. The Morgan fingerprint density at radius 3 is 1.22 bits per heavy atom. The summed E-state index contributed by atoms with van der Waals surface area (Å²) in [5, 5.41) is 0. The quantitative estimate of drug-likeness (QED) is 0.301. The molecular formula is C38H62N6O8S2. The summed E-state index contributed by atoms with van der Waals surface area (Å²) in [5.41, 5.74) is 0. The van der Waals surface area contributed by atoms with E-state index in [4.69, 9.17) is 0 Å². The van der Waals surface area contributed by atoms with E-state index in [1.165, 1.54) is 38.5 Å². The molecule has 0 spiro atoms. The Kier molecular flexibility index (Phi) is 13.7. The lowest BCUT2D eigenvalue weighted by Crippen LogP contribution is -2.43. The van der Waals surface area contributed by atoms with Crippen molar-refractivity contribution in [2.24, 2.45) is 23.7 Å². The zero-order chi connectivity index (χ0) is 39.5. The molecule has 14 nitrogen and oxygen atoms in total. The number of rotatable bonds is 10. The van der Waals surface area contributed by atoms with Gasteiger partial charge in [0.1, 0.15) is 0 Å². The highest BCUT2D eigenvalue weighted by molar-refractivity contribution is 7.89. The van der Waals surface area contributed by atoms with Crippen molar-refractivity contribution in [2.45, 2.75) is 103 Å². The fourth-order valence-corrected chi connectivity index (χ4v) is 12.0. The van der Waals surface area contributed by atoms with Crippen LogP contribution < -0.4 is 0 Å².